The lowest BCUT2D eigenvalue weighted by Crippen LogP contribution is -2.62. The van der Waals surface area contributed by atoms with Gasteiger partial charge in [0, 0.05) is 24.0 Å². The summed E-state index contributed by atoms with van der Waals surface area (Å²) in [6.07, 6.45) is 1.35. The molecular formula is C13H24N2O2. The third-order valence-electron chi connectivity index (χ3n) is 4.31. The maximum absolute atomic E-state index is 12.3. The van der Waals surface area contributed by atoms with Gasteiger partial charge >= 0.3 is 0 Å². The third kappa shape index (κ3) is 2.08. The van der Waals surface area contributed by atoms with Crippen LogP contribution in [0.25, 0.3) is 0 Å². The molecule has 4 nitrogen and oxygen atoms in total. The first-order valence-electron chi connectivity index (χ1n) is 6.58. The van der Waals surface area contributed by atoms with Gasteiger partial charge in [-0.3, -0.25) is 4.79 Å². The van der Waals surface area contributed by atoms with Crippen LogP contribution in [0, 0.1) is 5.41 Å². The van der Waals surface area contributed by atoms with Gasteiger partial charge in [0.2, 0.25) is 5.91 Å². The Hall–Kier alpha value is -0.610. The number of hydrogen-bond donors (Lipinski definition) is 2. The van der Waals surface area contributed by atoms with Crippen LogP contribution in [0.3, 0.4) is 0 Å². The van der Waals surface area contributed by atoms with E-state index >= 15 is 0 Å². The molecule has 0 aromatic heterocycles. The molecule has 2 rings (SSSR count). The van der Waals surface area contributed by atoms with E-state index in [0.717, 1.165) is 19.4 Å². The number of amides is 1. The number of likely N-dealkylation sites (tertiary alicyclic amines) is 1. The molecule has 0 radical (unpaired) electrons. The van der Waals surface area contributed by atoms with Gasteiger partial charge in [0.15, 0.2) is 0 Å². The molecule has 2 fully saturated rings. The highest BCUT2D eigenvalue weighted by Crippen LogP contribution is 2.44. The van der Waals surface area contributed by atoms with E-state index < -0.39 is 0 Å². The summed E-state index contributed by atoms with van der Waals surface area (Å²) >= 11 is 0. The van der Waals surface area contributed by atoms with Crippen LogP contribution in [0.15, 0.2) is 0 Å². The highest BCUT2D eigenvalue weighted by Gasteiger charge is 2.53. The second-order valence-corrected chi connectivity index (χ2v) is 6.28. The van der Waals surface area contributed by atoms with Gasteiger partial charge in [0.1, 0.15) is 0 Å². The number of rotatable bonds is 3. The molecule has 2 aliphatic rings. The first kappa shape index (κ1) is 12.8. The number of aliphatic hydroxyl groups is 1. The second kappa shape index (κ2) is 4.25. The number of carbonyl (C=O) groups excluding carboxylic acids is 1. The zero-order valence-corrected chi connectivity index (χ0v) is 11.2. The molecule has 1 heterocycles. The Kier molecular flexibility index (Phi) is 3.21. The lowest BCUT2D eigenvalue weighted by Gasteiger charge is -2.53. The van der Waals surface area contributed by atoms with E-state index in [9.17, 15) is 9.90 Å². The molecule has 2 N–H and O–H groups in total. The van der Waals surface area contributed by atoms with E-state index in [4.69, 9.17) is 0 Å². The van der Waals surface area contributed by atoms with Gasteiger partial charge in [-0.1, -0.05) is 27.7 Å². The Morgan fingerprint density at radius 2 is 2.12 bits per heavy atom. The van der Waals surface area contributed by atoms with E-state index in [2.05, 4.69) is 19.2 Å². The SMILES string of the molecule is CC(C)NC1CCN(C2CC(O)C2(C)C)C1=O. The molecule has 17 heavy (non-hydrogen) atoms. The summed E-state index contributed by atoms with van der Waals surface area (Å²) in [5.41, 5.74) is -0.150. The van der Waals surface area contributed by atoms with Crippen molar-refractivity contribution in [3.05, 3.63) is 0 Å². The van der Waals surface area contributed by atoms with E-state index in [-0.39, 0.29) is 29.5 Å². The molecule has 3 unspecified atom stereocenters. The van der Waals surface area contributed by atoms with Crippen LogP contribution in [0.5, 0.6) is 0 Å². The molecular weight excluding hydrogens is 216 g/mol. The Bertz CT molecular complexity index is 315. The Morgan fingerprint density at radius 1 is 1.47 bits per heavy atom. The monoisotopic (exact) mass is 240 g/mol. The fourth-order valence-corrected chi connectivity index (χ4v) is 2.98. The summed E-state index contributed by atoms with van der Waals surface area (Å²) in [6, 6.07) is 0.524. The quantitative estimate of drug-likeness (QED) is 0.765. The van der Waals surface area contributed by atoms with E-state index in [1.165, 1.54) is 0 Å². The van der Waals surface area contributed by atoms with E-state index in [1.807, 2.05) is 18.7 Å². The smallest absolute Gasteiger partial charge is 0.240 e. The van der Waals surface area contributed by atoms with Gasteiger partial charge in [0.05, 0.1) is 12.1 Å². The van der Waals surface area contributed by atoms with E-state index in [0.29, 0.717) is 6.04 Å². The topological polar surface area (TPSA) is 52.6 Å². The second-order valence-electron chi connectivity index (χ2n) is 6.28. The van der Waals surface area contributed by atoms with Crippen molar-refractivity contribution >= 4 is 5.91 Å². The summed E-state index contributed by atoms with van der Waals surface area (Å²) in [5, 5.41) is 13.1. The third-order valence-corrected chi connectivity index (χ3v) is 4.31. The molecule has 4 heteroatoms. The van der Waals surface area contributed by atoms with Crippen molar-refractivity contribution in [1.29, 1.82) is 0 Å². The average Bonchev–Trinajstić information content (AvgIpc) is 2.56. The molecule has 0 spiro atoms. The summed E-state index contributed by atoms with van der Waals surface area (Å²) in [4.78, 5) is 14.2. The molecule has 0 aromatic rings. The van der Waals surface area contributed by atoms with Crippen molar-refractivity contribution in [2.75, 3.05) is 6.54 Å². The highest BCUT2D eigenvalue weighted by atomic mass is 16.3. The summed E-state index contributed by atoms with van der Waals surface area (Å²) in [7, 11) is 0. The van der Waals surface area contributed by atoms with E-state index in [1.54, 1.807) is 0 Å². The molecule has 1 saturated heterocycles. The molecule has 98 valence electrons. The van der Waals surface area contributed by atoms with Gasteiger partial charge < -0.3 is 15.3 Å². The summed E-state index contributed by atoms with van der Waals surface area (Å²) in [6.45, 7) is 9.04. The van der Waals surface area contributed by atoms with Crippen LogP contribution in [0.1, 0.15) is 40.5 Å². The lowest BCUT2D eigenvalue weighted by molar-refractivity contribution is -0.151. The number of aliphatic hydroxyl groups excluding tert-OH is 1. The van der Waals surface area contributed by atoms with Crippen LogP contribution < -0.4 is 5.32 Å². The minimum atomic E-state index is -0.266. The number of nitrogens with zero attached hydrogens (tertiary/aromatic N) is 1. The molecule has 1 saturated carbocycles. The zero-order valence-electron chi connectivity index (χ0n) is 11.2. The van der Waals surface area contributed by atoms with Crippen molar-refractivity contribution in [2.24, 2.45) is 5.41 Å². The summed E-state index contributed by atoms with van der Waals surface area (Å²) in [5.74, 6) is 0.212. The Balaban J connectivity index is 1.99. The maximum Gasteiger partial charge on any atom is 0.240 e. The van der Waals surface area contributed by atoms with Gasteiger partial charge in [0.25, 0.3) is 0 Å². The van der Waals surface area contributed by atoms with Gasteiger partial charge in [-0.05, 0) is 12.8 Å². The minimum absolute atomic E-state index is 0.0245. The highest BCUT2D eigenvalue weighted by molar-refractivity contribution is 5.84. The first-order chi connectivity index (χ1) is 7.84. The minimum Gasteiger partial charge on any atom is -0.392 e. The van der Waals surface area contributed by atoms with Gasteiger partial charge in [-0.15, -0.1) is 0 Å². The predicted octanol–water partition coefficient (Wildman–Crippen LogP) is 0.745. The first-order valence-corrected chi connectivity index (χ1v) is 6.58. The average molecular weight is 240 g/mol. The summed E-state index contributed by atoms with van der Waals surface area (Å²) < 4.78 is 0. The molecule has 1 aliphatic carbocycles. The molecule has 3 atom stereocenters. The van der Waals surface area contributed by atoms with Crippen LogP contribution in [-0.2, 0) is 4.79 Å². The van der Waals surface area contributed by atoms with Crippen molar-refractivity contribution in [3.8, 4) is 0 Å². The Morgan fingerprint density at radius 3 is 2.59 bits per heavy atom. The van der Waals surface area contributed by atoms with Gasteiger partial charge in [-0.2, -0.15) is 0 Å². The number of hydrogen-bond acceptors (Lipinski definition) is 3. The Labute approximate surface area is 103 Å². The largest absolute Gasteiger partial charge is 0.392 e. The maximum atomic E-state index is 12.3. The molecule has 1 aliphatic heterocycles. The fourth-order valence-electron chi connectivity index (χ4n) is 2.98. The van der Waals surface area contributed by atoms with Crippen LogP contribution in [-0.4, -0.2) is 46.7 Å². The molecule has 1 amide bonds. The number of nitrogens with one attached hydrogen (secondary N) is 1. The van der Waals surface area contributed by atoms with Crippen LogP contribution >= 0.6 is 0 Å². The van der Waals surface area contributed by atoms with Gasteiger partial charge in [-0.25, -0.2) is 0 Å². The zero-order chi connectivity index (χ0) is 12.8. The lowest BCUT2D eigenvalue weighted by atomic mass is 9.64. The standard InChI is InChI=1S/C13H24N2O2/c1-8(2)14-9-5-6-15(12(9)17)10-7-11(16)13(10,3)4/h8-11,14,16H,5-7H2,1-4H3. The van der Waals surface area contributed by atoms with Crippen LogP contribution in [0.4, 0.5) is 0 Å². The molecule has 0 aromatic carbocycles. The normalized spacial score (nSPS) is 36.5. The van der Waals surface area contributed by atoms with Crippen molar-refractivity contribution in [1.82, 2.24) is 10.2 Å². The fraction of sp³-hybridized carbons (Fsp3) is 0.923. The van der Waals surface area contributed by atoms with Crippen molar-refractivity contribution in [2.45, 2.75) is 64.8 Å². The molecule has 0 bridgehead atoms. The predicted molar refractivity (Wildman–Crippen MR) is 66.6 cm³/mol. The van der Waals surface area contributed by atoms with Crippen molar-refractivity contribution < 1.29 is 9.90 Å². The van der Waals surface area contributed by atoms with Crippen molar-refractivity contribution in [3.63, 3.8) is 0 Å². The van der Waals surface area contributed by atoms with Crippen LogP contribution in [0.2, 0.25) is 0 Å². The number of carbonyl (C=O) groups is 1.